The molecule has 132 valence electrons. The van der Waals surface area contributed by atoms with Crippen LogP contribution >= 0.6 is 24.0 Å². The maximum Gasteiger partial charge on any atom is 0.193 e. The van der Waals surface area contributed by atoms with Crippen LogP contribution in [0.1, 0.15) is 32.7 Å². The number of piperidine rings is 1. The van der Waals surface area contributed by atoms with Gasteiger partial charge in [0.15, 0.2) is 5.96 Å². The van der Waals surface area contributed by atoms with E-state index in [2.05, 4.69) is 39.8 Å². The lowest BCUT2D eigenvalue weighted by Crippen LogP contribution is -2.49. The Labute approximate surface area is 156 Å². The number of aliphatic imine (C=N–C) groups is 1. The molecule has 7 heteroatoms. The molecule has 0 bridgehead atoms. The van der Waals surface area contributed by atoms with Gasteiger partial charge in [-0.2, -0.15) is 0 Å². The third kappa shape index (κ3) is 5.95. The Bertz CT molecular complexity index is 451. The summed E-state index contributed by atoms with van der Waals surface area (Å²) in [5.74, 6) is 1.68. The van der Waals surface area contributed by atoms with E-state index < -0.39 is 0 Å². The number of likely N-dealkylation sites (tertiary alicyclic amines) is 1. The molecule has 1 aliphatic rings. The lowest BCUT2D eigenvalue weighted by atomic mass is 9.93. The van der Waals surface area contributed by atoms with Crippen LogP contribution in [0.2, 0.25) is 0 Å². The molecule has 1 aliphatic heterocycles. The molecule has 1 aromatic heterocycles. The zero-order chi connectivity index (χ0) is 15.8. The molecule has 6 nitrogen and oxygen atoms in total. The smallest absolute Gasteiger partial charge is 0.193 e. The first-order valence-corrected chi connectivity index (χ1v) is 8.25. The Morgan fingerprint density at radius 1 is 1.48 bits per heavy atom. The van der Waals surface area contributed by atoms with Crippen molar-refractivity contribution < 1.29 is 4.74 Å². The molecule has 2 atom stereocenters. The number of rotatable bonds is 6. The van der Waals surface area contributed by atoms with Gasteiger partial charge < -0.3 is 19.5 Å². The highest BCUT2D eigenvalue weighted by atomic mass is 127. The minimum Gasteiger partial charge on any atom is -0.385 e. The Balaban J connectivity index is 0.00000264. The van der Waals surface area contributed by atoms with Crippen LogP contribution < -0.4 is 5.32 Å². The van der Waals surface area contributed by atoms with Crippen molar-refractivity contribution in [3.63, 3.8) is 0 Å². The fourth-order valence-electron chi connectivity index (χ4n) is 2.91. The number of hydrogen-bond acceptors (Lipinski definition) is 3. The summed E-state index contributed by atoms with van der Waals surface area (Å²) in [7, 11) is 1.73. The SMILES string of the molecule is CCNC(=NCCCOC)N1CCC(C)C(n2ccnc2)C1.I. The van der Waals surface area contributed by atoms with E-state index in [0.29, 0.717) is 12.0 Å². The molecule has 0 amide bonds. The third-order valence-corrected chi connectivity index (χ3v) is 4.23. The van der Waals surface area contributed by atoms with Crippen molar-refractivity contribution in [3.05, 3.63) is 18.7 Å². The van der Waals surface area contributed by atoms with E-state index in [1.54, 1.807) is 7.11 Å². The van der Waals surface area contributed by atoms with Crippen LogP contribution in [0.25, 0.3) is 0 Å². The van der Waals surface area contributed by atoms with E-state index in [1.165, 1.54) is 6.42 Å². The second-order valence-corrected chi connectivity index (χ2v) is 5.87. The van der Waals surface area contributed by atoms with Crippen LogP contribution in [0, 0.1) is 5.92 Å². The summed E-state index contributed by atoms with van der Waals surface area (Å²) in [6.07, 6.45) is 7.97. The molecular formula is C16H30IN5O. The summed E-state index contributed by atoms with van der Waals surface area (Å²) >= 11 is 0. The molecule has 1 N–H and O–H groups in total. The van der Waals surface area contributed by atoms with Crippen molar-refractivity contribution >= 4 is 29.9 Å². The molecule has 2 rings (SSSR count). The van der Waals surface area contributed by atoms with Gasteiger partial charge in [0.05, 0.1) is 12.4 Å². The van der Waals surface area contributed by atoms with Crippen molar-refractivity contribution in [2.75, 3.05) is 39.9 Å². The Morgan fingerprint density at radius 3 is 2.96 bits per heavy atom. The van der Waals surface area contributed by atoms with Gasteiger partial charge in [-0.05, 0) is 25.7 Å². The molecule has 1 aromatic rings. The van der Waals surface area contributed by atoms with E-state index in [9.17, 15) is 0 Å². The molecular weight excluding hydrogens is 405 g/mol. The van der Waals surface area contributed by atoms with Gasteiger partial charge in [-0.25, -0.2) is 4.98 Å². The summed E-state index contributed by atoms with van der Waals surface area (Å²) in [6, 6.07) is 0.457. The van der Waals surface area contributed by atoms with Crippen LogP contribution in [-0.2, 0) is 4.74 Å². The fourth-order valence-corrected chi connectivity index (χ4v) is 2.91. The van der Waals surface area contributed by atoms with Gasteiger partial charge in [0.2, 0.25) is 0 Å². The van der Waals surface area contributed by atoms with E-state index in [4.69, 9.17) is 9.73 Å². The molecule has 2 heterocycles. The highest BCUT2D eigenvalue weighted by Gasteiger charge is 2.28. The topological polar surface area (TPSA) is 54.7 Å². The Hall–Kier alpha value is -0.830. The predicted octanol–water partition coefficient (Wildman–Crippen LogP) is 2.39. The summed E-state index contributed by atoms with van der Waals surface area (Å²) in [5, 5.41) is 3.42. The minimum atomic E-state index is 0. The maximum absolute atomic E-state index is 5.10. The Kier molecular flexibility index (Phi) is 9.54. The average molecular weight is 435 g/mol. The van der Waals surface area contributed by atoms with Crippen LogP contribution in [0.5, 0.6) is 0 Å². The molecule has 0 spiro atoms. The van der Waals surface area contributed by atoms with E-state index in [0.717, 1.165) is 45.2 Å². The number of imidazole rings is 1. The molecule has 23 heavy (non-hydrogen) atoms. The van der Waals surface area contributed by atoms with Gasteiger partial charge in [-0.1, -0.05) is 6.92 Å². The number of nitrogens with one attached hydrogen (secondary N) is 1. The van der Waals surface area contributed by atoms with Crippen molar-refractivity contribution in [2.45, 2.75) is 32.7 Å². The first-order chi connectivity index (χ1) is 10.8. The lowest BCUT2D eigenvalue weighted by molar-refractivity contribution is 0.187. The zero-order valence-corrected chi connectivity index (χ0v) is 16.8. The number of guanidine groups is 1. The number of nitrogens with zero attached hydrogens (tertiary/aromatic N) is 4. The Morgan fingerprint density at radius 2 is 2.30 bits per heavy atom. The van der Waals surface area contributed by atoms with Crippen molar-refractivity contribution in [1.29, 1.82) is 0 Å². The minimum absolute atomic E-state index is 0. The van der Waals surface area contributed by atoms with E-state index in [1.807, 2.05) is 12.5 Å². The van der Waals surface area contributed by atoms with Crippen LogP contribution in [0.3, 0.4) is 0 Å². The highest BCUT2D eigenvalue weighted by Crippen LogP contribution is 2.27. The normalized spacial score (nSPS) is 21.9. The molecule has 0 aromatic carbocycles. The summed E-state index contributed by atoms with van der Waals surface area (Å²) in [6.45, 7) is 8.94. The number of halogens is 1. The fraction of sp³-hybridized carbons (Fsp3) is 0.750. The van der Waals surface area contributed by atoms with Gasteiger partial charge in [-0.15, -0.1) is 24.0 Å². The number of hydrogen-bond donors (Lipinski definition) is 1. The average Bonchev–Trinajstić information content (AvgIpc) is 3.05. The van der Waals surface area contributed by atoms with Gasteiger partial charge in [0, 0.05) is 52.3 Å². The first kappa shape index (κ1) is 20.2. The lowest BCUT2D eigenvalue weighted by Gasteiger charge is -2.39. The van der Waals surface area contributed by atoms with Gasteiger partial charge in [0.25, 0.3) is 0 Å². The van der Waals surface area contributed by atoms with E-state index >= 15 is 0 Å². The largest absolute Gasteiger partial charge is 0.385 e. The molecule has 0 aliphatic carbocycles. The molecule has 1 saturated heterocycles. The summed E-state index contributed by atoms with van der Waals surface area (Å²) < 4.78 is 7.32. The number of aromatic nitrogens is 2. The zero-order valence-electron chi connectivity index (χ0n) is 14.4. The van der Waals surface area contributed by atoms with Crippen LogP contribution in [0.4, 0.5) is 0 Å². The summed E-state index contributed by atoms with van der Waals surface area (Å²) in [5.41, 5.74) is 0. The van der Waals surface area contributed by atoms with Crippen LogP contribution in [0.15, 0.2) is 23.7 Å². The summed E-state index contributed by atoms with van der Waals surface area (Å²) in [4.78, 5) is 11.3. The monoisotopic (exact) mass is 435 g/mol. The number of methoxy groups -OCH3 is 1. The first-order valence-electron chi connectivity index (χ1n) is 8.25. The van der Waals surface area contributed by atoms with Gasteiger partial charge in [0.1, 0.15) is 0 Å². The number of ether oxygens (including phenoxy) is 1. The molecule has 0 saturated carbocycles. The second kappa shape index (κ2) is 10.9. The highest BCUT2D eigenvalue weighted by molar-refractivity contribution is 14.0. The standard InChI is InChI=1S/C16H29N5O.HI/c1-4-18-16(19-7-5-11-22-3)20-9-6-14(2)15(12-20)21-10-8-17-13-21;/h8,10,13-15H,4-7,9,11-12H2,1-3H3,(H,18,19);1H. The van der Waals surface area contributed by atoms with Crippen molar-refractivity contribution in [1.82, 2.24) is 19.8 Å². The maximum atomic E-state index is 5.10. The molecule has 1 fully saturated rings. The predicted molar refractivity (Wildman–Crippen MR) is 105 cm³/mol. The van der Waals surface area contributed by atoms with Crippen molar-refractivity contribution in [2.24, 2.45) is 10.9 Å². The van der Waals surface area contributed by atoms with Gasteiger partial charge >= 0.3 is 0 Å². The van der Waals surface area contributed by atoms with Gasteiger partial charge in [-0.3, -0.25) is 4.99 Å². The molecule has 0 radical (unpaired) electrons. The molecule has 2 unspecified atom stereocenters. The second-order valence-electron chi connectivity index (χ2n) is 5.87. The van der Waals surface area contributed by atoms with Crippen molar-refractivity contribution in [3.8, 4) is 0 Å². The third-order valence-electron chi connectivity index (χ3n) is 4.23. The quantitative estimate of drug-likeness (QED) is 0.323. The van der Waals surface area contributed by atoms with E-state index in [-0.39, 0.29) is 24.0 Å². The van der Waals surface area contributed by atoms with Crippen LogP contribution in [-0.4, -0.2) is 60.3 Å².